The van der Waals surface area contributed by atoms with E-state index in [1.54, 1.807) is 0 Å². The molecule has 1 saturated heterocycles. The van der Waals surface area contributed by atoms with Gasteiger partial charge in [-0.2, -0.15) is 0 Å². The molecular weight excluding hydrogens is 332 g/mol. The number of nitrogens with one attached hydrogen (secondary N) is 1. The van der Waals surface area contributed by atoms with Gasteiger partial charge in [0.25, 0.3) is 0 Å². The first-order chi connectivity index (χ1) is 10.6. The molecule has 0 aromatic heterocycles. The van der Waals surface area contributed by atoms with Crippen molar-refractivity contribution in [3.05, 3.63) is 34.9 Å². The zero-order chi connectivity index (χ0) is 15.7. The number of benzene rings is 1. The fraction of sp³-hybridized carbons (Fsp3) is 0.625. The molecule has 2 nitrogen and oxygen atoms in total. The van der Waals surface area contributed by atoms with Crippen LogP contribution in [0.15, 0.2) is 6.07 Å². The fourth-order valence-electron chi connectivity index (χ4n) is 3.80. The van der Waals surface area contributed by atoms with Crippen molar-refractivity contribution in [1.82, 2.24) is 10.2 Å². The number of hydrogen-bond donors (Lipinski definition) is 1. The van der Waals surface area contributed by atoms with Gasteiger partial charge in [-0.25, -0.2) is 17.6 Å². The van der Waals surface area contributed by atoms with Crippen LogP contribution in [0.25, 0.3) is 0 Å². The van der Waals surface area contributed by atoms with Crippen molar-refractivity contribution in [1.29, 1.82) is 0 Å². The summed E-state index contributed by atoms with van der Waals surface area (Å²) in [7, 11) is 0. The third kappa shape index (κ3) is 3.64. The summed E-state index contributed by atoms with van der Waals surface area (Å²) >= 11 is 0. The molecule has 7 heteroatoms. The molecule has 130 valence electrons. The lowest BCUT2D eigenvalue weighted by atomic mass is 9.88. The molecule has 23 heavy (non-hydrogen) atoms. The second kappa shape index (κ2) is 7.81. The van der Waals surface area contributed by atoms with E-state index < -0.39 is 34.9 Å². The zero-order valence-electron chi connectivity index (χ0n) is 12.8. The van der Waals surface area contributed by atoms with Crippen molar-refractivity contribution in [2.75, 3.05) is 26.2 Å². The van der Waals surface area contributed by atoms with Gasteiger partial charge in [0.05, 0.1) is 0 Å². The second-order valence-corrected chi connectivity index (χ2v) is 6.16. The van der Waals surface area contributed by atoms with E-state index in [9.17, 15) is 17.6 Å². The summed E-state index contributed by atoms with van der Waals surface area (Å²) in [6.07, 6.45) is 3.67. The number of hydrogen-bond acceptors (Lipinski definition) is 2. The highest BCUT2D eigenvalue weighted by Crippen LogP contribution is 2.42. The molecule has 0 bridgehead atoms. The van der Waals surface area contributed by atoms with Gasteiger partial charge in [-0.3, -0.25) is 4.90 Å². The average Bonchev–Trinajstić information content (AvgIpc) is 3.04. The highest BCUT2D eigenvalue weighted by atomic mass is 35.5. The second-order valence-electron chi connectivity index (χ2n) is 6.16. The van der Waals surface area contributed by atoms with Crippen LogP contribution in [0.1, 0.15) is 37.3 Å². The van der Waals surface area contributed by atoms with Gasteiger partial charge in [-0.05, 0) is 18.8 Å². The molecule has 1 atom stereocenters. The molecule has 1 aromatic carbocycles. The Morgan fingerprint density at radius 1 is 0.957 bits per heavy atom. The number of piperazine rings is 1. The molecule has 0 amide bonds. The summed E-state index contributed by atoms with van der Waals surface area (Å²) in [4.78, 5) is 1.97. The standard InChI is InChI=1S/C16H20F4N2.ClH/c17-11-9-12(18)15(20)13(14(11)19)16(10-3-1-2-4-10)22-7-5-21-6-8-22;/h9-10,16,21H,1-8H2;1H/t16-;/m1./s1. The molecule has 1 heterocycles. The predicted molar refractivity (Wildman–Crippen MR) is 82.7 cm³/mol. The first kappa shape index (κ1) is 18.5. The summed E-state index contributed by atoms with van der Waals surface area (Å²) < 4.78 is 55.8. The van der Waals surface area contributed by atoms with Crippen LogP contribution in [0.2, 0.25) is 0 Å². The summed E-state index contributed by atoms with van der Waals surface area (Å²) in [6, 6.07) is -0.299. The Balaban J connectivity index is 0.00000192. The molecule has 1 saturated carbocycles. The van der Waals surface area contributed by atoms with Gasteiger partial charge in [-0.1, -0.05) is 12.8 Å². The Bertz CT molecular complexity index is 517. The monoisotopic (exact) mass is 352 g/mol. The quantitative estimate of drug-likeness (QED) is 0.657. The van der Waals surface area contributed by atoms with Crippen LogP contribution in [0.5, 0.6) is 0 Å². The average molecular weight is 353 g/mol. The van der Waals surface area contributed by atoms with Gasteiger partial charge in [0, 0.05) is 43.9 Å². The Kier molecular flexibility index (Phi) is 6.28. The molecule has 0 unspecified atom stereocenters. The van der Waals surface area contributed by atoms with E-state index in [4.69, 9.17) is 0 Å². The van der Waals surface area contributed by atoms with Crippen LogP contribution in [-0.2, 0) is 0 Å². The van der Waals surface area contributed by atoms with Gasteiger partial charge >= 0.3 is 0 Å². The Hall–Kier alpha value is -0.850. The minimum Gasteiger partial charge on any atom is -0.314 e. The van der Waals surface area contributed by atoms with E-state index in [-0.39, 0.29) is 24.4 Å². The molecule has 0 spiro atoms. The van der Waals surface area contributed by atoms with Crippen LogP contribution in [0.4, 0.5) is 17.6 Å². The lowest BCUT2D eigenvalue weighted by Gasteiger charge is -2.38. The molecule has 3 rings (SSSR count). The molecule has 2 aliphatic rings. The van der Waals surface area contributed by atoms with Crippen molar-refractivity contribution >= 4 is 12.4 Å². The molecule has 2 fully saturated rings. The minimum absolute atomic E-state index is 0. The Morgan fingerprint density at radius 2 is 1.48 bits per heavy atom. The normalized spacial score (nSPS) is 21.2. The Labute approximate surface area is 139 Å². The summed E-state index contributed by atoms with van der Waals surface area (Å²) in [5, 5.41) is 3.19. The van der Waals surface area contributed by atoms with Gasteiger partial charge < -0.3 is 5.32 Å². The molecule has 1 aliphatic carbocycles. The molecule has 1 N–H and O–H groups in total. The van der Waals surface area contributed by atoms with Crippen LogP contribution >= 0.6 is 12.4 Å². The summed E-state index contributed by atoms with van der Waals surface area (Å²) in [5.74, 6) is -5.06. The SMILES string of the molecule is Cl.Fc1cc(F)c(F)c([C@@H](C2CCCC2)N2CCNCC2)c1F. The van der Waals surface area contributed by atoms with Crippen LogP contribution in [0, 0.1) is 29.2 Å². The third-order valence-corrected chi connectivity index (χ3v) is 4.83. The van der Waals surface area contributed by atoms with Crippen molar-refractivity contribution in [3.63, 3.8) is 0 Å². The third-order valence-electron chi connectivity index (χ3n) is 4.83. The van der Waals surface area contributed by atoms with E-state index in [0.29, 0.717) is 26.2 Å². The minimum atomic E-state index is -1.31. The lowest BCUT2D eigenvalue weighted by Crippen LogP contribution is -2.47. The van der Waals surface area contributed by atoms with E-state index in [1.165, 1.54) is 0 Å². The zero-order valence-corrected chi connectivity index (χ0v) is 13.6. The van der Waals surface area contributed by atoms with Crippen LogP contribution < -0.4 is 5.32 Å². The van der Waals surface area contributed by atoms with Gasteiger partial charge in [0.2, 0.25) is 0 Å². The lowest BCUT2D eigenvalue weighted by molar-refractivity contribution is 0.117. The Morgan fingerprint density at radius 3 is 2.00 bits per heavy atom. The maximum atomic E-state index is 14.3. The highest BCUT2D eigenvalue weighted by Gasteiger charge is 2.37. The topological polar surface area (TPSA) is 15.3 Å². The van der Waals surface area contributed by atoms with Crippen molar-refractivity contribution < 1.29 is 17.6 Å². The van der Waals surface area contributed by atoms with Crippen molar-refractivity contribution in [3.8, 4) is 0 Å². The molecule has 1 aromatic rings. The highest BCUT2D eigenvalue weighted by molar-refractivity contribution is 5.85. The molecule has 0 radical (unpaired) electrons. The molecular formula is C16H21ClF4N2. The first-order valence-corrected chi connectivity index (χ1v) is 7.87. The van der Waals surface area contributed by atoms with E-state index in [2.05, 4.69) is 5.32 Å². The van der Waals surface area contributed by atoms with E-state index in [1.807, 2.05) is 4.90 Å². The first-order valence-electron chi connectivity index (χ1n) is 7.87. The fourth-order valence-corrected chi connectivity index (χ4v) is 3.80. The van der Waals surface area contributed by atoms with Gasteiger partial charge in [-0.15, -0.1) is 12.4 Å². The van der Waals surface area contributed by atoms with Gasteiger partial charge in [0.1, 0.15) is 0 Å². The summed E-state index contributed by atoms with van der Waals surface area (Å²) in [5.41, 5.74) is -0.425. The predicted octanol–water partition coefficient (Wildman–Crippen LogP) is 3.80. The maximum absolute atomic E-state index is 14.3. The van der Waals surface area contributed by atoms with Crippen molar-refractivity contribution in [2.24, 2.45) is 5.92 Å². The summed E-state index contributed by atoms with van der Waals surface area (Å²) in [6.45, 7) is 2.67. The van der Waals surface area contributed by atoms with Crippen molar-refractivity contribution in [2.45, 2.75) is 31.7 Å². The van der Waals surface area contributed by atoms with E-state index >= 15 is 0 Å². The van der Waals surface area contributed by atoms with Gasteiger partial charge in [0.15, 0.2) is 23.3 Å². The number of rotatable bonds is 3. The number of halogens is 5. The molecule has 1 aliphatic heterocycles. The van der Waals surface area contributed by atoms with E-state index in [0.717, 1.165) is 25.7 Å². The maximum Gasteiger partial charge on any atom is 0.166 e. The number of nitrogens with zero attached hydrogens (tertiary/aromatic N) is 1. The smallest absolute Gasteiger partial charge is 0.166 e. The van der Waals surface area contributed by atoms with Crippen LogP contribution in [0.3, 0.4) is 0 Å². The largest absolute Gasteiger partial charge is 0.314 e. The van der Waals surface area contributed by atoms with Crippen LogP contribution in [-0.4, -0.2) is 31.1 Å².